The molecule has 31 heavy (non-hydrogen) atoms. The highest BCUT2D eigenvalue weighted by molar-refractivity contribution is 5.93. The zero-order valence-corrected chi connectivity index (χ0v) is 19.3. The second-order valence-corrected chi connectivity index (χ2v) is 8.24. The molecule has 0 spiro atoms. The molecule has 1 aliphatic rings. The number of nitrogens with one attached hydrogen (secondary N) is 3. The van der Waals surface area contributed by atoms with Gasteiger partial charge in [0.05, 0.1) is 27.0 Å². The lowest BCUT2D eigenvalue weighted by atomic mass is 10.1. The maximum atomic E-state index is 12.6. The number of methoxy groups -OCH3 is 3. The first-order valence-corrected chi connectivity index (χ1v) is 10.8. The van der Waals surface area contributed by atoms with Gasteiger partial charge in [0.15, 0.2) is 18.0 Å². The van der Waals surface area contributed by atoms with Crippen LogP contribution in [-0.4, -0.2) is 60.0 Å². The Morgan fingerprint density at radius 3 is 2.13 bits per heavy atom. The molecule has 0 bridgehead atoms. The summed E-state index contributed by atoms with van der Waals surface area (Å²) < 4.78 is 16.2. The lowest BCUT2D eigenvalue weighted by molar-refractivity contribution is -1.02. The summed E-state index contributed by atoms with van der Waals surface area (Å²) in [6.45, 7) is 9.55. The van der Waals surface area contributed by atoms with Crippen molar-refractivity contribution in [2.45, 2.75) is 20.4 Å². The Morgan fingerprint density at radius 2 is 1.48 bits per heavy atom. The number of hydrogen-bond acceptors (Lipinski definition) is 4. The summed E-state index contributed by atoms with van der Waals surface area (Å²) in [6.07, 6.45) is 0. The van der Waals surface area contributed by atoms with Crippen molar-refractivity contribution in [3.63, 3.8) is 0 Å². The van der Waals surface area contributed by atoms with Gasteiger partial charge in [-0.15, -0.1) is 0 Å². The second kappa shape index (κ2) is 10.5. The summed E-state index contributed by atoms with van der Waals surface area (Å²) in [7, 11) is 4.95. The van der Waals surface area contributed by atoms with Gasteiger partial charge in [0.1, 0.15) is 38.5 Å². The zero-order valence-electron chi connectivity index (χ0n) is 19.3. The van der Waals surface area contributed by atoms with E-state index in [4.69, 9.17) is 14.2 Å². The molecule has 1 heterocycles. The van der Waals surface area contributed by atoms with Crippen LogP contribution in [0.4, 0.5) is 5.69 Å². The van der Waals surface area contributed by atoms with E-state index < -0.39 is 0 Å². The molecular formula is C24H35N3O4+2. The normalized spacial score (nSPS) is 18.4. The van der Waals surface area contributed by atoms with Gasteiger partial charge in [0.25, 0.3) is 5.91 Å². The lowest BCUT2D eigenvalue weighted by Gasteiger charge is -2.30. The highest BCUT2D eigenvalue weighted by Gasteiger charge is 2.26. The highest BCUT2D eigenvalue weighted by atomic mass is 16.5. The summed E-state index contributed by atoms with van der Waals surface area (Å²) in [5, 5.41) is 3.01. The maximum absolute atomic E-state index is 12.6. The first kappa shape index (κ1) is 22.9. The zero-order chi connectivity index (χ0) is 22.4. The quantitative estimate of drug-likeness (QED) is 0.563. The molecule has 1 fully saturated rings. The van der Waals surface area contributed by atoms with Crippen molar-refractivity contribution in [1.82, 2.24) is 0 Å². The fourth-order valence-electron chi connectivity index (χ4n) is 4.13. The fraction of sp³-hybridized carbons (Fsp3) is 0.458. The number of carbonyl (C=O) groups excluding carboxylic acids is 1. The Labute approximate surface area is 184 Å². The molecular weight excluding hydrogens is 394 g/mol. The largest absolute Gasteiger partial charge is 0.495 e. The van der Waals surface area contributed by atoms with Crippen molar-refractivity contribution in [2.24, 2.45) is 0 Å². The van der Waals surface area contributed by atoms with Crippen LogP contribution in [0.3, 0.4) is 0 Å². The predicted molar refractivity (Wildman–Crippen MR) is 121 cm³/mol. The van der Waals surface area contributed by atoms with Gasteiger partial charge in [0.2, 0.25) is 0 Å². The topological polar surface area (TPSA) is 65.7 Å². The van der Waals surface area contributed by atoms with Crippen LogP contribution in [0, 0.1) is 13.8 Å². The van der Waals surface area contributed by atoms with Crippen LogP contribution >= 0.6 is 0 Å². The van der Waals surface area contributed by atoms with Crippen LogP contribution in [0.5, 0.6) is 17.2 Å². The Kier molecular flexibility index (Phi) is 7.76. The van der Waals surface area contributed by atoms with Gasteiger partial charge >= 0.3 is 0 Å². The van der Waals surface area contributed by atoms with Crippen molar-refractivity contribution >= 4 is 11.6 Å². The average molecular weight is 430 g/mol. The molecule has 3 N–H and O–H groups in total. The molecule has 7 nitrogen and oxygen atoms in total. The molecule has 7 heteroatoms. The summed E-state index contributed by atoms with van der Waals surface area (Å²) in [5.41, 5.74) is 4.32. The summed E-state index contributed by atoms with van der Waals surface area (Å²) in [6, 6.07) is 9.93. The number of anilines is 1. The van der Waals surface area contributed by atoms with Crippen LogP contribution in [0.1, 0.15) is 16.7 Å². The van der Waals surface area contributed by atoms with Crippen molar-refractivity contribution < 1.29 is 28.8 Å². The van der Waals surface area contributed by atoms with Crippen molar-refractivity contribution in [3.8, 4) is 17.2 Å². The third-order valence-corrected chi connectivity index (χ3v) is 5.99. The first-order valence-electron chi connectivity index (χ1n) is 10.8. The van der Waals surface area contributed by atoms with Crippen LogP contribution in [0.2, 0.25) is 0 Å². The van der Waals surface area contributed by atoms with Gasteiger partial charge in [-0.2, -0.15) is 0 Å². The summed E-state index contributed by atoms with van der Waals surface area (Å²) >= 11 is 0. The van der Waals surface area contributed by atoms with Crippen molar-refractivity contribution in [2.75, 3.05) is 59.4 Å². The van der Waals surface area contributed by atoms with E-state index in [1.807, 2.05) is 31.2 Å². The molecule has 1 amide bonds. The van der Waals surface area contributed by atoms with Crippen LogP contribution in [0.25, 0.3) is 0 Å². The van der Waals surface area contributed by atoms with E-state index in [1.54, 1.807) is 21.3 Å². The molecule has 0 saturated carbocycles. The fourth-order valence-corrected chi connectivity index (χ4v) is 4.13. The van der Waals surface area contributed by atoms with E-state index >= 15 is 0 Å². The number of ether oxygens (including phenoxy) is 3. The van der Waals surface area contributed by atoms with Gasteiger partial charge < -0.3 is 29.3 Å². The van der Waals surface area contributed by atoms with E-state index in [0.717, 1.165) is 55.5 Å². The number of amides is 1. The minimum Gasteiger partial charge on any atom is -0.495 e. The molecule has 2 aromatic rings. The monoisotopic (exact) mass is 429 g/mol. The van der Waals surface area contributed by atoms with Crippen molar-refractivity contribution in [1.29, 1.82) is 0 Å². The van der Waals surface area contributed by atoms with Gasteiger partial charge in [-0.1, -0.05) is 6.07 Å². The highest BCUT2D eigenvalue weighted by Crippen LogP contribution is 2.30. The molecule has 0 aliphatic carbocycles. The SMILES string of the molecule is COc1ccc(C)cc1NC(=O)C[NH+]1CC[NH+](Cc2cc(OC)c(OC)cc2C)CC1. The first-order chi connectivity index (χ1) is 14.9. The molecule has 1 saturated heterocycles. The van der Waals surface area contributed by atoms with E-state index in [9.17, 15) is 4.79 Å². The van der Waals surface area contributed by atoms with Gasteiger partial charge in [-0.05, 0) is 49.2 Å². The van der Waals surface area contributed by atoms with Crippen LogP contribution in [0.15, 0.2) is 30.3 Å². The van der Waals surface area contributed by atoms with Crippen LogP contribution < -0.4 is 29.3 Å². The Morgan fingerprint density at radius 1 is 0.871 bits per heavy atom. The van der Waals surface area contributed by atoms with E-state index in [2.05, 4.69) is 18.3 Å². The van der Waals surface area contributed by atoms with E-state index in [1.165, 1.54) is 20.9 Å². The second-order valence-electron chi connectivity index (χ2n) is 8.24. The number of quaternary nitrogens is 2. The van der Waals surface area contributed by atoms with Crippen molar-refractivity contribution in [3.05, 3.63) is 47.0 Å². The Hall–Kier alpha value is -2.77. The smallest absolute Gasteiger partial charge is 0.279 e. The van der Waals surface area contributed by atoms with Gasteiger partial charge in [-0.3, -0.25) is 4.79 Å². The van der Waals surface area contributed by atoms with Crippen LogP contribution in [-0.2, 0) is 11.3 Å². The summed E-state index contributed by atoms with van der Waals surface area (Å²) in [4.78, 5) is 15.4. The molecule has 0 unspecified atom stereocenters. The van der Waals surface area contributed by atoms with E-state index in [-0.39, 0.29) is 5.91 Å². The molecule has 3 rings (SSSR count). The number of carbonyl (C=O) groups is 1. The number of hydrogen-bond donors (Lipinski definition) is 3. The van der Waals surface area contributed by atoms with E-state index in [0.29, 0.717) is 12.3 Å². The third-order valence-electron chi connectivity index (χ3n) is 5.99. The standard InChI is InChI=1S/C24H33N3O4/c1-17-6-7-21(29-3)20(12-17)25-24(28)16-27-10-8-26(9-11-27)15-19-14-23(31-5)22(30-4)13-18(19)2/h6-7,12-14H,8-11,15-16H2,1-5H3,(H,25,28)/p+2. The molecule has 0 radical (unpaired) electrons. The minimum atomic E-state index is 0.0260. The lowest BCUT2D eigenvalue weighted by Crippen LogP contribution is -3.28. The third kappa shape index (κ3) is 5.89. The number of aryl methyl sites for hydroxylation is 2. The van der Waals surface area contributed by atoms with Gasteiger partial charge in [-0.25, -0.2) is 0 Å². The summed E-state index contributed by atoms with van der Waals surface area (Å²) in [5.74, 6) is 2.26. The maximum Gasteiger partial charge on any atom is 0.279 e. The molecule has 2 aromatic carbocycles. The molecule has 0 atom stereocenters. The molecule has 1 aliphatic heterocycles. The molecule has 168 valence electrons. The average Bonchev–Trinajstić information content (AvgIpc) is 2.76. The minimum absolute atomic E-state index is 0.0260. The predicted octanol–water partition coefficient (Wildman–Crippen LogP) is 0.251. The number of rotatable bonds is 8. The Bertz CT molecular complexity index is 908. The number of piperazine rings is 1. The number of benzene rings is 2. The van der Waals surface area contributed by atoms with Gasteiger partial charge in [0, 0.05) is 5.56 Å². The Balaban J connectivity index is 1.52. The molecule has 0 aromatic heterocycles.